The predicted molar refractivity (Wildman–Crippen MR) is 119 cm³/mol. The summed E-state index contributed by atoms with van der Waals surface area (Å²) in [5, 5.41) is 6.06. The minimum Gasteiger partial charge on any atom is -0.495 e. The molecule has 6 rings (SSSR count). The second-order valence-corrected chi connectivity index (χ2v) is 8.99. The first-order chi connectivity index (χ1) is 14.9. The van der Waals surface area contributed by atoms with Crippen LogP contribution in [0.5, 0.6) is 5.75 Å². The molecule has 1 saturated carbocycles. The zero-order valence-corrected chi connectivity index (χ0v) is 18.5. The molecule has 0 unspecified atom stereocenters. The van der Waals surface area contributed by atoms with Crippen molar-refractivity contribution < 1.29 is 14.3 Å². The fourth-order valence-corrected chi connectivity index (χ4v) is 5.59. The monoisotopic (exact) mass is 437 g/mol. The molecule has 2 fully saturated rings. The van der Waals surface area contributed by atoms with Crippen LogP contribution in [0.25, 0.3) is 5.69 Å². The standard InChI is InChI=1S/C24H24ClN3O3/c1-13-10-17(14(2)27(13)19-11-18(25)8-9-20(19)31-3)12-26-28-23(29)21-15-4-5-16(7-6-15)22(21)24(28)30/h4-5,8-12,15-16,21-22H,6-7H2,1-3H3/b26-12-/t15-,16-,21+,22+/m0/s1. The van der Waals surface area contributed by atoms with Crippen LogP contribution in [-0.4, -0.2) is 34.7 Å². The molecule has 2 amide bonds. The van der Waals surface area contributed by atoms with E-state index in [0.29, 0.717) is 10.8 Å². The molecule has 1 aliphatic heterocycles. The average Bonchev–Trinajstić information content (AvgIpc) is 3.20. The number of aryl methyl sites for hydroxylation is 1. The highest BCUT2D eigenvalue weighted by molar-refractivity contribution is 6.30. The molecule has 2 aromatic rings. The number of methoxy groups -OCH3 is 1. The van der Waals surface area contributed by atoms with E-state index in [1.54, 1.807) is 19.4 Å². The maximum Gasteiger partial charge on any atom is 0.254 e. The van der Waals surface area contributed by atoms with Crippen LogP contribution in [0.1, 0.15) is 29.8 Å². The van der Waals surface area contributed by atoms with E-state index in [1.807, 2.05) is 36.6 Å². The molecule has 1 aromatic carbocycles. The summed E-state index contributed by atoms with van der Waals surface area (Å²) in [6.45, 7) is 3.95. The van der Waals surface area contributed by atoms with Gasteiger partial charge in [-0.05, 0) is 62.8 Å². The molecule has 2 heterocycles. The van der Waals surface area contributed by atoms with Gasteiger partial charge in [-0.15, -0.1) is 0 Å². The molecule has 160 valence electrons. The van der Waals surface area contributed by atoms with Crippen molar-refractivity contribution in [2.45, 2.75) is 26.7 Å². The molecule has 4 atom stereocenters. The van der Waals surface area contributed by atoms with Gasteiger partial charge in [-0.3, -0.25) is 9.59 Å². The van der Waals surface area contributed by atoms with Gasteiger partial charge in [0.25, 0.3) is 11.8 Å². The number of aromatic nitrogens is 1. The first-order valence-electron chi connectivity index (χ1n) is 10.5. The van der Waals surface area contributed by atoms with E-state index in [9.17, 15) is 9.59 Å². The lowest BCUT2D eigenvalue weighted by molar-refractivity contribution is -0.140. The van der Waals surface area contributed by atoms with Gasteiger partial charge in [0.2, 0.25) is 0 Å². The van der Waals surface area contributed by atoms with Crippen molar-refractivity contribution >= 4 is 29.6 Å². The van der Waals surface area contributed by atoms with E-state index in [-0.39, 0.29) is 35.5 Å². The smallest absolute Gasteiger partial charge is 0.254 e. The first kappa shape index (κ1) is 20.1. The fourth-order valence-electron chi connectivity index (χ4n) is 5.42. The number of amides is 2. The van der Waals surface area contributed by atoms with Crippen LogP contribution in [0.4, 0.5) is 0 Å². The highest BCUT2D eigenvalue weighted by Crippen LogP contribution is 2.49. The van der Waals surface area contributed by atoms with Gasteiger partial charge >= 0.3 is 0 Å². The van der Waals surface area contributed by atoms with Crippen molar-refractivity contribution in [2.24, 2.45) is 28.8 Å². The Morgan fingerprint density at radius 3 is 2.29 bits per heavy atom. The maximum atomic E-state index is 13.0. The van der Waals surface area contributed by atoms with Crippen LogP contribution >= 0.6 is 11.6 Å². The van der Waals surface area contributed by atoms with Gasteiger partial charge in [-0.1, -0.05) is 23.8 Å². The van der Waals surface area contributed by atoms with Crippen LogP contribution < -0.4 is 4.74 Å². The molecule has 6 nitrogen and oxygen atoms in total. The summed E-state index contributed by atoms with van der Waals surface area (Å²) in [6.07, 6.45) is 7.78. The van der Waals surface area contributed by atoms with Crippen LogP contribution in [-0.2, 0) is 9.59 Å². The zero-order chi connectivity index (χ0) is 21.9. The summed E-state index contributed by atoms with van der Waals surface area (Å²) in [4.78, 5) is 26.0. The number of hydrogen-bond acceptors (Lipinski definition) is 4. The Bertz CT molecular complexity index is 1120. The Balaban J connectivity index is 1.47. The number of carbonyl (C=O) groups excluding carboxylic acids is 2. The predicted octanol–water partition coefficient (Wildman–Crippen LogP) is 4.29. The highest BCUT2D eigenvalue weighted by atomic mass is 35.5. The summed E-state index contributed by atoms with van der Waals surface area (Å²) in [6, 6.07) is 7.44. The third-order valence-electron chi connectivity index (χ3n) is 6.90. The van der Waals surface area contributed by atoms with Crippen LogP contribution in [0.15, 0.2) is 41.5 Å². The number of ether oxygens (including phenoxy) is 1. The number of hydrogen-bond donors (Lipinski definition) is 0. The summed E-state index contributed by atoms with van der Waals surface area (Å²) < 4.78 is 7.54. The lowest BCUT2D eigenvalue weighted by Crippen LogP contribution is -2.38. The Morgan fingerprint density at radius 1 is 1.06 bits per heavy atom. The largest absolute Gasteiger partial charge is 0.495 e. The fraction of sp³-hybridized carbons (Fsp3) is 0.375. The SMILES string of the molecule is COc1ccc(Cl)cc1-n1c(C)cc(/C=N\N2C(=O)[C@H]3[C@H](C2=O)[C@H]2C=C[C@H]3CC2)c1C. The molecule has 0 radical (unpaired) electrons. The topological polar surface area (TPSA) is 63.9 Å². The Hall–Kier alpha value is -2.86. The highest BCUT2D eigenvalue weighted by Gasteiger charge is 2.56. The number of hydrazone groups is 1. The number of carbonyl (C=O) groups is 2. The number of nitrogens with zero attached hydrogens (tertiary/aromatic N) is 3. The van der Waals surface area contributed by atoms with Crippen molar-refractivity contribution in [1.82, 2.24) is 9.58 Å². The van der Waals surface area contributed by atoms with Crippen LogP contribution in [0.2, 0.25) is 5.02 Å². The van der Waals surface area contributed by atoms with Gasteiger partial charge in [0, 0.05) is 22.0 Å². The molecule has 1 saturated heterocycles. The van der Waals surface area contributed by atoms with E-state index in [4.69, 9.17) is 16.3 Å². The van der Waals surface area contributed by atoms with Gasteiger partial charge in [-0.2, -0.15) is 10.1 Å². The number of benzene rings is 1. The second-order valence-electron chi connectivity index (χ2n) is 8.55. The summed E-state index contributed by atoms with van der Waals surface area (Å²) in [5.74, 6) is 0.171. The quantitative estimate of drug-likeness (QED) is 0.407. The van der Waals surface area contributed by atoms with E-state index in [1.165, 1.54) is 0 Å². The Morgan fingerprint density at radius 2 is 1.71 bits per heavy atom. The van der Waals surface area contributed by atoms with E-state index in [0.717, 1.165) is 40.5 Å². The number of halogens is 1. The minimum atomic E-state index is -0.253. The van der Waals surface area contributed by atoms with Gasteiger partial charge in [0.15, 0.2) is 0 Å². The number of fused-ring (bicyclic) bond motifs is 1. The zero-order valence-electron chi connectivity index (χ0n) is 17.7. The minimum absolute atomic E-state index is 0.159. The van der Waals surface area contributed by atoms with Gasteiger partial charge in [0.05, 0.1) is 30.8 Å². The van der Waals surface area contributed by atoms with Crippen LogP contribution in [0, 0.1) is 37.5 Å². The second kappa shape index (κ2) is 7.38. The molecule has 2 bridgehead atoms. The summed E-state index contributed by atoms with van der Waals surface area (Å²) in [7, 11) is 1.62. The molecule has 0 spiro atoms. The normalized spacial score (nSPS) is 26.9. The van der Waals surface area contributed by atoms with E-state index in [2.05, 4.69) is 17.3 Å². The maximum absolute atomic E-state index is 13.0. The van der Waals surface area contributed by atoms with Crippen molar-refractivity contribution in [1.29, 1.82) is 0 Å². The van der Waals surface area contributed by atoms with E-state index >= 15 is 0 Å². The Labute approximate surface area is 186 Å². The molecule has 0 N–H and O–H groups in total. The molecule has 3 aliphatic carbocycles. The summed E-state index contributed by atoms with van der Waals surface area (Å²) in [5.41, 5.74) is 3.54. The van der Waals surface area contributed by atoms with Crippen molar-refractivity contribution in [2.75, 3.05) is 7.11 Å². The lowest BCUT2D eigenvalue weighted by Gasteiger charge is -2.37. The van der Waals surface area contributed by atoms with Crippen LogP contribution in [0.3, 0.4) is 0 Å². The van der Waals surface area contributed by atoms with Gasteiger partial charge < -0.3 is 9.30 Å². The first-order valence-corrected chi connectivity index (χ1v) is 10.9. The number of allylic oxidation sites excluding steroid dienone is 2. The third kappa shape index (κ3) is 3.04. The van der Waals surface area contributed by atoms with E-state index < -0.39 is 0 Å². The molecular weight excluding hydrogens is 414 g/mol. The molecule has 4 aliphatic rings. The average molecular weight is 438 g/mol. The number of rotatable bonds is 4. The molecule has 31 heavy (non-hydrogen) atoms. The molecule has 1 aromatic heterocycles. The third-order valence-corrected chi connectivity index (χ3v) is 7.14. The molecule has 7 heteroatoms. The van der Waals surface area contributed by atoms with Crippen molar-refractivity contribution in [3.63, 3.8) is 0 Å². The molecular formula is C24H24ClN3O3. The Kier molecular flexibility index (Phi) is 4.77. The van der Waals surface area contributed by atoms with Crippen molar-refractivity contribution in [3.05, 3.63) is 58.4 Å². The summed E-state index contributed by atoms with van der Waals surface area (Å²) >= 11 is 6.22. The van der Waals surface area contributed by atoms with Gasteiger partial charge in [-0.25, -0.2) is 0 Å². The number of imide groups is 1. The van der Waals surface area contributed by atoms with Gasteiger partial charge in [0.1, 0.15) is 5.75 Å². The lowest BCUT2D eigenvalue weighted by atomic mass is 9.63. The van der Waals surface area contributed by atoms with Crippen molar-refractivity contribution in [3.8, 4) is 11.4 Å².